The second-order valence-corrected chi connectivity index (χ2v) is 2.66. The van der Waals surface area contributed by atoms with Crippen molar-refractivity contribution < 1.29 is 9.53 Å². The molecule has 0 aromatic heterocycles. The number of allylic oxidation sites excluding steroid dienone is 1. The minimum absolute atomic E-state index is 0.426. The monoisotopic (exact) mass is 157 g/mol. The van der Waals surface area contributed by atoms with Gasteiger partial charge in [0.15, 0.2) is 0 Å². The lowest BCUT2D eigenvalue weighted by Gasteiger charge is -1.97. The molecule has 0 radical (unpaired) electrons. The van der Waals surface area contributed by atoms with Crippen molar-refractivity contribution in [2.45, 2.75) is 20.3 Å². The van der Waals surface area contributed by atoms with Gasteiger partial charge >= 0.3 is 6.09 Å². The molecule has 11 heavy (non-hydrogen) atoms. The van der Waals surface area contributed by atoms with Gasteiger partial charge in [-0.25, -0.2) is 4.79 Å². The highest BCUT2D eigenvalue weighted by molar-refractivity contribution is 5.67. The van der Waals surface area contributed by atoms with Crippen molar-refractivity contribution in [2.24, 2.45) is 5.92 Å². The molecule has 1 N–H and O–H groups in total. The number of amides is 1. The molecule has 0 aromatic carbocycles. The van der Waals surface area contributed by atoms with E-state index in [1.165, 1.54) is 13.3 Å². The summed E-state index contributed by atoms with van der Waals surface area (Å²) in [5, 5.41) is 2.34. The van der Waals surface area contributed by atoms with Crippen LogP contribution >= 0.6 is 0 Å². The van der Waals surface area contributed by atoms with Crippen LogP contribution in [0.3, 0.4) is 0 Å². The minimum Gasteiger partial charge on any atom is -0.419 e. The van der Waals surface area contributed by atoms with Crippen molar-refractivity contribution >= 4 is 6.09 Å². The van der Waals surface area contributed by atoms with Gasteiger partial charge < -0.3 is 10.1 Å². The topological polar surface area (TPSA) is 38.3 Å². The smallest absolute Gasteiger partial charge is 0.411 e. The average molecular weight is 157 g/mol. The van der Waals surface area contributed by atoms with Crippen LogP contribution in [0.15, 0.2) is 12.3 Å². The Balaban J connectivity index is 3.37. The second-order valence-electron chi connectivity index (χ2n) is 2.66. The van der Waals surface area contributed by atoms with E-state index in [2.05, 4.69) is 23.9 Å². The average Bonchev–Trinajstić information content (AvgIpc) is 1.97. The lowest BCUT2D eigenvalue weighted by Crippen LogP contribution is -2.16. The quantitative estimate of drug-likeness (QED) is 0.635. The Morgan fingerprint density at radius 1 is 1.64 bits per heavy atom. The highest BCUT2D eigenvalue weighted by atomic mass is 16.5. The maximum atomic E-state index is 10.5. The lowest BCUT2D eigenvalue weighted by atomic mass is 10.1. The van der Waals surface area contributed by atoms with Crippen LogP contribution in [-0.2, 0) is 4.74 Å². The SMILES string of the molecule is CNC(=O)O/C=C\CC(C)C. The third-order valence-corrected chi connectivity index (χ3v) is 1.08. The van der Waals surface area contributed by atoms with E-state index in [0.717, 1.165) is 6.42 Å². The van der Waals surface area contributed by atoms with E-state index < -0.39 is 6.09 Å². The fourth-order valence-electron chi connectivity index (χ4n) is 0.497. The Kier molecular flexibility index (Phi) is 5.25. The molecular formula is C8H15NO2. The predicted molar refractivity (Wildman–Crippen MR) is 44.1 cm³/mol. The van der Waals surface area contributed by atoms with Crippen molar-refractivity contribution in [3.05, 3.63) is 12.3 Å². The van der Waals surface area contributed by atoms with Crippen LogP contribution in [0.4, 0.5) is 4.79 Å². The van der Waals surface area contributed by atoms with Gasteiger partial charge in [-0.15, -0.1) is 0 Å². The number of carbonyl (C=O) groups excluding carboxylic acids is 1. The summed E-state index contributed by atoms with van der Waals surface area (Å²) in [6.45, 7) is 4.20. The largest absolute Gasteiger partial charge is 0.419 e. The second kappa shape index (κ2) is 5.77. The molecule has 1 amide bonds. The summed E-state index contributed by atoms with van der Waals surface area (Å²) in [6, 6.07) is 0. The van der Waals surface area contributed by atoms with E-state index >= 15 is 0 Å². The number of rotatable bonds is 3. The molecule has 64 valence electrons. The molecule has 0 atom stereocenters. The number of hydrogen-bond acceptors (Lipinski definition) is 2. The number of hydrogen-bond donors (Lipinski definition) is 1. The van der Waals surface area contributed by atoms with Crippen molar-refractivity contribution in [3.63, 3.8) is 0 Å². The third-order valence-electron chi connectivity index (χ3n) is 1.08. The molecule has 0 fully saturated rings. The zero-order valence-corrected chi connectivity index (χ0v) is 7.26. The van der Waals surface area contributed by atoms with Crippen LogP contribution in [0.5, 0.6) is 0 Å². The summed E-state index contributed by atoms with van der Waals surface area (Å²) in [7, 11) is 1.53. The van der Waals surface area contributed by atoms with Crippen molar-refractivity contribution in [3.8, 4) is 0 Å². The van der Waals surface area contributed by atoms with Crippen molar-refractivity contribution in [1.29, 1.82) is 0 Å². The summed E-state index contributed by atoms with van der Waals surface area (Å²) in [5.41, 5.74) is 0. The van der Waals surface area contributed by atoms with E-state index in [4.69, 9.17) is 0 Å². The Hall–Kier alpha value is -0.990. The summed E-state index contributed by atoms with van der Waals surface area (Å²) < 4.78 is 4.61. The maximum absolute atomic E-state index is 10.5. The number of nitrogens with one attached hydrogen (secondary N) is 1. The van der Waals surface area contributed by atoms with Gasteiger partial charge in [-0.3, -0.25) is 0 Å². The minimum atomic E-state index is -0.426. The molecule has 0 aliphatic rings. The normalized spacial score (nSPS) is 10.5. The van der Waals surface area contributed by atoms with Crippen LogP contribution in [0, 0.1) is 5.92 Å². The van der Waals surface area contributed by atoms with Crippen LogP contribution in [0.25, 0.3) is 0 Å². The maximum Gasteiger partial charge on any atom is 0.411 e. The van der Waals surface area contributed by atoms with E-state index in [-0.39, 0.29) is 0 Å². The fraction of sp³-hybridized carbons (Fsp3) is 0.625. The highest BCUT2D eigenvalue weighted by Crippen LogP contribution is 1.99. The molecule has 0 rings (SSSR count). The summed E-state index contributed by atoms with van der Waals surface area (Å²) in [4.78, 5) is 10.5. The van der Waals surface area contributed by atoms with Gasteiger partial charge in [-0.2, -0.15) is 0 Å². The van der Waals surface area contributed by atoms with Gasteiger partial charge in [0.2, 0.25) is 0 Å². The fourth-order valence-corrected chi connectivity index (χ4v) is 0.497. The van der Waals surface area contributed by atoms with E-state index in [1.54, 1.807) is 0 Å². The Morgan fingerprint density at radius 3 is 2.73 bits per heavy atom. The first kappa shape index (κ1) is 10.0. The van der Waals surface area contributed by atoms with Gasteiger partial charge in [0, 0.05) is 7.05 Å². The van der Waals surface area contributed by atoms with E-state index in [9.17, 15) is 4.79 Å². The van der Waals surface area contributed by atoms with Gasteiger partial charge in [0.25, 0.3) is 0 Å². The molecule has 0 aliphatic heterocycles. The first-order valence-electron chi connectivity index (χ1n) is 3.70. The predicted octanol–water partition coefficient (Wildman–Crippen LogP) is 1.90. The summed E-state index contributed by atoms with van der Waals surface area (Å²) in [6.07, 6.45) is 3.75. The molecule has 0 heterocycles. The summed E-state index contributed by atoms with van der Waals surface area (Å²) >= 11 is 0. The molecule has 0 bridgehead atoms. The van der Waals surface area contributed by atoms with Gasteiger partial charge in [0.1, 0.15) is 0 Å². The number of alkyl carbamates (subject to hydrolysis) is 1. The van der Waals surface area contributed by atoms with Gasteiger partial charge in [-0.1, -0.05) is 13.8 Å². The Morgan fingerprint density at radius 2 is 2.27 bits per heavy atom. The number of ether oxygens (including phenoxy) is 1. The molecular weight excluding hydrogens is 142 g/mol. The zero-order chi connectivity index (χ0) is 8.69. The van der Waals surface area contributed by atoms with Crippen LogP contribution in [-0.4, -0.2) is 13.1 Å². The molecule has 0 spiro atoms. The van der Waals surface area contributed by atoms with Crippen LogP contribution in [0.1, 0.15) is 20.3 Å². The molecule has 3 nitrogen and oxygen atoms in total. The first-order valence-corrected chi connectivity index (χ1v) is 3.70. The summed E-state index contributed by atoms with van der Waals surface area (Å²) in [5.74, 6) is 0.597. The van der Waals surface area contributed by atoms with Gasteiger partial charge in [-0.05, 0) is 18.4 Å². The molecule has 0 unspecified atom stereocenters. The molecule has 0 aromatic rings. The van der Waals surface area contributed by atoms with Gasteiger partial charge in [0.05, 0.1) is 6.26 Å². The Labute approximate surface area is 67.4 Å². The Bertz CT molecular complexity index is 141. The lowest BCUT2D eigenvalue weighted by molar-refractivity contribution is 0.187. The van der Waals surface area contributed by atoms with Crippen molar-refractivity contribution in [1.82, 2.24) is 5.32 Å². The van der Waals surface area contributed by atoms with Crippen molar-refractivity contribution in [2.75, 3.05) is 7.05 Å². The standard InChI is InChI=1S/C8H15NO2/c1-7(2)5-4-6-11-8(10)9-3/h4,6-7H,5H2,1-3H3,(H,9,10)/b6-4-. The molecule has 0 saturated heterocycles. The van der Waals surface area contributed by atoms with Crippen LogP contribution < -0.4 is 5.32 Å². The first-order chi connectivity index (χ1) is 5.16. The number of carbonyl (C=O) groups is 1. The van der Waals surface area contributed by atoms with E-state index in [1.807, 2.05) is 6.08 Å². The van der Waals surface area contributed by atoms with E-state index in [0.29, 0.717) is 5.92 Å². The van der Waals surface area contributed by atoms with Crippen LogP contribution in [0.2, 0.25) is 0 Å². The highest BCUT2D eigenvalue weighted by Gasteiger charge is 1.91. The molecule has 3 heteroatoms. The third kappa shape index (κ3) is 6.90. The molecule has 0 saturated carbocycles. The zero-order valence-electron chi connectivity index (χ0n) is 7.26. The molecule has 0 aliphatic carbocycles.